The highest BCUT2D eigenvalue weighted by molar-refractivity contribution is 7.99. The van der Waals surface area contributed by atoms with Gasteiger partial charge in [0, 0.05) is 24.6 Å². The van der Waals surface area contributed by atoms with Gasteiger partial charge in [0.25, 0.3) is 0 Å². The van der Waals surface area contributed by atoms with Crippen molar-refractivity contribution in [1.82, 2.24) is 4.90 Å². The number of amides is 1. The van der Waals surface area contributed by atoms with E-state index in [0.717, 1.165) is 19.4 Å². The summed E-state index contributed by atoms with van der Waals surface area (Å²) in [4.78, 5) is 24.9. The van der Waals surface area contributed by atoms with Crippen LogP contribution in [0.5, 0.6) is 0 Å². The van der Waals surface area contributed by atoms with Crippen molar-refractivity contribution in [3.05, 3.63) is 35.9 Å². The van der Waals surface area contributed by atoms with E-state index in [1.807, 2.05) is 0 Å². The third kappa shape index (κ3) is 6.38. The number of likely N-dealkylation sites (tertiary alicyclic amines) is 1. The van der Waals surface area contributed by atoms with Gasteiger partial charge in [0.1, 0.15) is 0 Å². The normalized spacial score (nSPS) is 15.3. The molecule has 1 heterocycles. The van der Waals surface area contributed by atoms with Gasteiger partial charge in [-0.15, -0.1) is 0 Å². The number of β-lactam (4-membered cyclic amide) rings is 1. The molecule has 3 nitrogen and oxygen atoms in total. The molecule has 0 aromatic heterocycles. The van der Waals surface area contributed by atoms with Crippen molar-refractivity contribution < 1.29 is 9.59 Å². The summed E-state index contributed by atoms with van der Waals surface area (Å²) in [5, 5.41) is 0.399. The molecular weight excluding hydrogens is 306 g/mol. The van der Waals surface area contributed by atoms with Crippen molar-refractivity contribution in [2.75, 3.05) is 19.3 Å². The Morgan fingerprint density at radius 1 is 1.22 bits per heavy atom. The van der Waals surface area contributed by atoms with Gasteiger partial charge in [-0.3, -0.25) is 9.59 Å². The first-order valence-corrected chi connectivity index (χ1v) is 9.84. The lowest BCUT2D eigenvalue weighted by molar-refractivity contribution is -0.143. The summed E-state index contributed by atoms with van der Waals surface area (Å²) in [6.07, 6.45) is 9.12. The molecule has 1 amide bonds. The van der Waals surface area contributed by atoms with E-state index in [2.05, 4.69) is 36.6 Å². The Bertz CT molecular complexity index is 503. The summed E-state index contributed by atoms with van der Waals surface area (Å²) >= 11 is 1.78. The second-order valence-corrected chi connectivity index (χ2v) is 7.39. The van der Waals surface area contributed by atoms with Crippen molar-refractivity contribution in [2.24, 2.45) is 0 Å². The van der Waals surface area contributed by atoms with Crippen LogP contribution in [0.3, 0.4) is 0 Å². The summed E-state index contributed by atoms with van der Waals surface area (Å²) in [7, 11) is 0. The Kier molecular flexibility index (Phi) is 7.66. The number of carbonyl (C=O) groups is 2. The molecule has 0 saturated carbocycles. The van der Waals surface area contributed by atoms with Crippen LogP contribution in [0.15, 0.2) is 30.3 Å². The summed E-state index contributed by atoms with van der Waals surface area (Å²) in [6.45, 7) is 1.08. The van der Waals surface area contributed by atoms with Gasteiger partial charge in [0.2, 0.25) is 5.91 Å². The monoisotopic (exact) mass is 333 g/mol. The van der Waals surface area contributed by atoms with Gasteiger partial charge >= 0.3 is 0 Å². The Morgan fingerprint density at radius 3 is 2.61 bits per heavy atom. The molecule has 1 unspecified atom stereocenters. The Morgan fingerprint density at radius 2 is 2.00 bits per heavy atom. The zero-order valence-corrected chi connectivity index (χ0v) is 14.8. The molecule has 0 bridgehead atoms. The molecule has 1 saturated heterocycles. The van der Waals surface area contributed by atoms with Gasteiger partial charge < -0.3 is 4.90 Å². The fraction of sp³-hybridized carbons (Fsp3) is 0.579. The topological polar surface area (TPSA) is 37.4 Å². The van der Waals surface area contributed by atoms with Crippen LogP contribution in [0.2, 0.25) is 0 Å². The lowest BCUT2D eigenvalue weighted by atomic mass is 10.0. The zero-order chi connectivity index (χ0) is 16.5. The number of thioether (sulfide) groups is 1. The number of nitrogens with zero attached hydrogens (tertiary/aromatic N) is 1. The number of rotatable bonds is 11. The molecule has 0 spiro atoms. The first kappa shape index (κ1) is 18.1. The smallest absolute Gasteiger partial charge is 0.224 e. The van der Waals surface area contributed by atoms with Gasteiger partial charge in [-0.25, -0.2) is 0 Å². The highest BCUT2D eigenvalue weighted by Crippen LogP contribution is 2.20. The first-order chi connectivity index (χ1) is 11.2. The summed E-state index contributed by atoms with van der Waals surface area (Å²) in [6, 6.07) is 10.6. The molecule has 0 N–H and O–H groups in total. The molecule has 126 valence electrons. The first-order valence-electron chi connectivity index (χ1n) is 8.55. The van der Waals surface area contributed by atoms with Crippen LogP contribution in [0.4, 0.5) is 0 Å². The lowest BCUT2D eigenvalue weighted by Gasteiger charge is -2.30. The number of aryl methyl sites for hydroxylation is 1. The van der Waals surface area contributed by atoms with Gasteiger partial charge in [0.05, 0.1) is 6.54 Å². The van der Waals surface area contributed by atoms with Crippen LogP contribution in [-0.2, 0) is 16.0 Å². The van der Waals surface area contributed by atoms with Gasteiger partial charge in [-0.1, -0.05) is 43.2 Å². The van der Waals surface area contributed by atoms with Crippen LogP contribution in [0.25, 0.3) is 0 Å². The van der Waals surface area contributed by atoms with Gasteiger partial charge in [-0.2, -0.15) is 11.8 Å². The molecule has 1 aliphatic heterocycles. The minimum absolute atomic E-state index is 0.125. The second-order valence-electron chi connectivity index (χ2n) is 6.25. The number of hydrogen-bond donors (Lipinski definition) is 0. The van der Waals surface area contributed by atoms with Crippen LogP contribution in [-0.4, -0.2) is 41.2 Å². The average molecular weight is 333 g/mol. The largest absolute Gasteiger partial charge is 0.335 e. The van der Waals surface area contributed by atoms with E-state index in [-0.39, 0.29) is 11.7 Å². The van der Waals surface area contributed by atoms with E-state index in [9.17, 15) is 9.59 Å². The number of ketones is 1. The number of unbranched alkanes of at least 4 members (excludes halogenated alkanes) is 2. The third-order valence-electron chi connectivity index (χ3n) is 4.44. The molecule has 1 aromatic carbocycles. The van der Waals surface area contributed by atoms with E-state index in [4.69, 9.17) is 0 Å². The van der Waals surface area contributed by atoms with Gasteiger partial charge in [-0.05, 0) is 31.1 Å². The maximum atomic E-state index is 12.0. The Labute approximate surface area is 143 Å². The minimum Gasteiger partial charge on any atom is -0.335 e. The predicted octanol–water partition coefficient (Wildman–Crippen LogP) is 3.71. The van der Waals surface area contributed by atoms with E-state index >= 15 is 0 Å². The molecule has 23 heavy (non-hydrogen) atoms. The van der Waals surface area contributed by atoms with Crippen molar-refractivity contribution in [1.29, 1.82) is 0 Å². The maximum Gasteiger partial charge on any atom is 0.224 e. The Balaban J connectivity index is 1.57. The van der Waals surface area contributed by atoms with Crippen LogP contribution in [0, 0.1) is 0 Å². The number of carbonyl (C=O) groups excluding carboxylic acids is 2. The van der Waals surface area contributed by atoms with Crippen LogP contribution in [0.1, 0.15) is 44.1 Å². The number of hydrogen-bond acceptors (Lipinski definition) is 3. The molecular formula is C19H27NO2S. The third-order valence-corrected chi connectivity index (χ3v) is 5.51. The highest BCUT2D eigenvalue weighted by atomic mass is 32.2. The van der Waals surface area contributed by atoms with Gasteiger partial charge in [0.15, 0.2) is 5.78 Å². The SMILES string of the molecule is CSC(CCCCCc1ccccc1)CC(=O)CN1CCC1=O. The average Bonchev–Trinajstić information content (AvgIpc) is 2.58. The van der Waals surface area contributed by atoms with Crippen molar-refractivity contribution in [2.45, 2.75) is 50.2 Å². The van der Waals surface area contributed by atoms with Crippen LogP contribution >= 0.6 is 11.8 Å². The molecule has 1 aromatic rings. The van der Waals surface area contributed by atoms with E-state index in [0.29, 0.717) is 24.6 Å². The number of Topliss-reactive ketones (excluding diaryl/α,β-unsaturated/α-hetero) is 1. The van der Waals surface area contributed by atoms with Crippen molar-refractivity contribution in [3.63, 3.8) is 0 Å². The zero-order valence-electron chi connectivity index (χ0n) is 14.0. The predicted molar refractivity (Wildman–Crippen MR) is 96.7 cm³/mol. The molecule has 0 radical (unpaired) electrons. The molecule has 1 fully saturated rings. The number of benzene rings is 1. The summed E-state index contributed by atoms with van der Waals surface area (Å²) in [5.74, 6) is 0.335. The molecule has 2 rings (SSSR count). The quantitative estimate of drug-likeness (QED) is 0.457. The lowest BCUT2D eigenvalue weighted by Crippen LogP contribution is -2.46. The van der Waals surface area contributed by atoms with E-state index in [1.54, 1.807) is 16.7 Å². The molecule has 1 atom stereocenters. The summed E-state index contributed by atoms with van der Waals surface area (Å²) in [5.41, 5.74) is 1.41. The second kappa shape index (κ2) is 9.76. The molecule has 0 aliphatic carbocycles. The summed E-state index contributed by atoms with van der Waals surface area (Å²) < 4.78 is 0. The Hall–Kier alpha value is -1.29. The van der Waals surface area contributed by atoms with Crippen LogP contribution < -0.4 is 0 Å². The van der Waals surface area contributed by atoms with Crippen molar-refractivity contribution in [3.8, 4) is 0 Å². The fourth-order valence-electron chi connectivity index (χ4n) is 2.89. The highest BCUT2D eigenvalue weighted by Gasteiger charge is 2.26. The molecule has 1 aliphatic rings. The maximum absolute atomic E-state index is 12.0. The van der Waals surface area contributed by atoms with E-state index < -0.39 is 0 Å². The van der Waals surface area contributed by atoms with E-state index in [1.165, 1.54) is 24.8 Å². The standard InChI is InChI=1S/C19H27NO2S/c1-23-18(14-17(21)15-20-13-12-19(20)22)11-7-3-6-10-16-8-4-2-5-9-16/h2,4-5,8-9,18H,3,6-7,10-15H2,1H3. The minimum atomic E-state index is 0.125. The van der Waals surface area contributed by atoms with Crippen molar-refractivity contribution >= 4 is 23.5 Å². The fourth-order valence-corrected chi connectivity index (χ4v) is 3.64. The molecule has 4 heteroatoms.